The summed E-state index contributed by atoms with van der Waals surface area (Å²) in [6.45, 7) is 8.92. The Bertz CT molecular complexity index is 796. The van der Waals surface area contributed by atoms with E-state index < -0.39 is 6.10 Å². The van der Waals surface area contributed by atoms with Gasteiger partial charge in [-0.3, -0.25) is 14.4 Å². The van der Waals surface area contributed by atoms with Gasteiger partial charge in [-0.25, -0.2) is 0 Å². The maximum Gasteiger partial charge on any atom is 0.306 e. The number of unbranched alkanes of at least 4 members (excludes halogenated alkanes) is 29. The number of carbonyl (C=O) groups is 3. The zero-order valence-corrected chi connectivity index (χ0v) is 36.0. The topological polar surface area (TPSA) is 78.9 Å². The second kappa shape index (κ2) is 41.6. The first-order chi connectivity index (χ1) is 25.9. The van der Waals surface area contributed by atoms with Gasteiger partial charge in [-0.05, 0) is 25.2 Å². The molecule has 0 bridgehead atoms. The van der Waals surface area contributed by atoms with Crippen LogP contribution in [0, 0.1) is 5.92 Å². The van der Waals surface area contributed by atoms with Gasteiger partial charge in [-0.1, -0.05) is 220 Å². The molecule has 0 saturated carbocycles. The fourth-order valence-electron chi connectivity index (χ4n) is 6.98. The molecule has 0 aromatic heterocycles. The lowest BCUT2D eigenvalue weighted by Crippen LogP contribution is -2.30. The molecule has 0 aliphatic rings. The smallest absolute Gasteiger partial charge is 0.306 e. The summed E-state index contributed by atoms with van der Waals surface area (Å²) in [6.07, 6.45) is 41.0. The summed E-state index contributed by atoms with van der Waals surface area (Å²) in [7, 11) is 0. The third-order valence-electron chi connectivity index (χ3n) is 10.5. The largest absolute Gasteiger partial charge is 0.462 e. The average molecular weight is 751 g/mol. The van der Waals surface area contributed by atoms with Crippen LogP contribution in [0.4, 0.5) is 0 Å². The molecule has 0 N–H and O–H groups in total. The molecule has 6 nitrogen and oxygen atoms in total. The Hall–Kier alpha value is -1.59. The molecule has 0 rings (SSSR count). The van der Waals surface area contributed by atoms with E-state index in [0.29, 0.717) is 19.3 Å². The number of hydrogen-bond donors (Lipinski definition) is 0. The normalized spacial score (nSPS) is 11.9. The molecule has 0 aliphatic carbocycles. The first-order valence-electron chi connectivity index (χ1n) is 23.4. The lowest BCUT2D eigenvalue weighted by Gasteiger charge is -2.18. The van der Waals surface area contributed by atoms with Gasteiger partial charge in [0.1, 0.15) is 13.2 Å². The molecular weight excluding hydrogens is 661 g/mol. The molecule has 0 radical (unpaired) electrons. The van der Waals surface area contributed by atoms with Crippen LogP contribution in [0.3, 0.4) is 0 Å². The van der Waals surface area contributed by atoms with Gasteiger partial charge in [0, 0.05) is 19.3 Å². The van der Waals surface area contributed by atoms with E-state index in [1.807, 2.05) is 0 Å². The van der Waals surface area contributed by atoms with E-state index in [4.69, 9.17) is 14.2 Å². The zero-order valence-electron chi connectivity index (χ0n) is 36.0. The van der Waals surface area contributed by atoms with Crippen molar-refractivity contribution in [3.63, 3.8) is 0 Å². The molecule has 53 heavy (non-hydrogen) atoms. The van der Waals surface area contributed by atoms with Crippen LogP contribution in [-0.2, 0) is 28.6 Å². The third kappa shape index (κ3) is 41.4. The highest BCUT2D eigenvalue weighted by molar-refractivity contribution is 5.71. The van der Waals surface area contributed by atoms with Crippen molar-refractivity contribution < 1.29 is 28.6 Å². The standard InChI is InChI=1S/C47H90O6/c1-5-7-9-11-13-15-17-18-19-20-21-22-24-26-32-36-40-47(50)53-44(42-52-46(49)39-35-31-28-27-29-33-37-43(3)4)41-51-45(48)38-34-30-25-23-16-14-12-10-8-6-2/h43-44H,5-42H2,1-4H3/t44-/m0/s1. The number of esters is 3. The summed E-state index contributed by atoms with van der Waals surface area (Å²) in [5.41, 5.74) is 0. The lowest BCUT2D eigenvalue weighted by molar-refractivity contribution is -0.167. The summed E-state index contributed by atoms with van der Waals surface area (Å²) < 4.78 is 16.7. The molecule has 0 saturated heterocycles. The zero-order chi connectivity index (χ0) is 38.9. The summed E-state index contributed by atoms with van der Waals surface area (Å²) in [6, 6.07) is 0. The van der Waals surface area contributed by atoms with E-state index in [-0.39, 0.29) is 31.1 Å². The van der Waals surface area contributed by atoms with E-state index in [0.717, 1.165) is 63.7 Å². The summed E-state index contributed by atoms with van der Waals surface area (Å²) in [5.74, 6) is -0.0946. The first kappa shape index (κ1) is 51.4. The van der Waals surface area contributed by atoms with Crippen molar-refractivity contribution in [1.82, 2.24) is 0 Å². The molecule has 0 spiro atoms. The predicted octanol–water partition coefficient (Wildman–Crippen LogP) is 14.7. The van der Waals surface area contributed by atoms with Gasteiger partial charge in [0.2, 0.25) is 0 Å². The highest BCUT2D eigenvalue weighted by Gasteiger charge is 2.19. The Morgan fingerprint density at radius 2 is 0.623 bits per heavy atom. The Labute approximate surface area is 329 Å². The van der Waals surface area contributed by atoms with Crippen LogP contribution in [0.1, 0.15) is 259 Å². The van der Waals surface area contributed by atoms with Crippen LogP contribution in [0.15, 0.2) is 0 Å². The molecule has 0 unspecified atom stereocenters. The minimum Gasteiger partial charge on any atom is -0.462 e. The fraction of sp³-hybridized carbons (Fsp3) is 0.936. The maximum atomic E-state index is 12.7. The van der Waals surface area contributed by atoms with E-state index in [1.165, 1.54) is 154 Å². The molecule has 0 heterocycles. The molecule has 0 aliphatic heterocycles. The van der Waals surface area contributed by atoms with Gasteiger partial charge in [-0.2, -0.15) is 0 Å². The number of hydrogen-bond acceptors (Lipinski definition) is 6. The SMILES string of the molecule is CCCCCCCCCCCCCCCCCCC(=O)O[C@@H](COC(=O)CCCCCCCCCCCC)COC(=O)CCCCCCCCC(C)C. The molecule has 0 aromatic rings. The van der Waals surface area contributed by atoms with Crippen LogP contribution >= 0.6 is 0 Å². The van der Waals surface area contributed by atoms with Gasteiger partial charge in [0.15, 0.2) is 6.10 Å². The lowest BCUT2D eigenvalue weighted by atomic mass is 10.0. The van der Waals surface area contributed by atoms with Crippen LogP contribution in [-0.4, -0.2) is 37.2 Å². The Kier molecular flexibility index (Phi) is 40.3. The van der Waals surface area contributed by atoms with Crippen molar-refractivity contribution in [2.24, 2.45) is 5.92 Å². The first-order valence-corrected chi connectivity index (χ1v) is 23.4. The Morgan fingerprint density at radius 3 is 0.925 bits per heavy atom. The van der Waals surface area contributed by atoms with Crippen molar-refractivity contribution >= 4 is 17.9 Å². The second-order valence-electron chi connectivity index (χ2n) is 16.5. The predicted molar refractivity (Wildman–Crippen MR) is 224 cm³/mol. The highest BCUT2D eigenvalue weighted by atomic mass is 16.6. The van der Waals surface area contributed by atoms with Crippen LogP contribution in [0.2, 0.25) is 0 Å². The van der Waals surface area contributed by atoms with E-state index in [1.54, 1.807) is 0 Å². The van der Waals surface area contributed by atoms with Crippen LogP contribution in [0.5, 0.6) is 0 Å². The van der Waals surface area contributed by atoms with Crippen molar-refractivity contribution in [3.05, 3.63) is 0 Å². The molecule has 314 valence electrons. The summed E-state index contributed by atoms with van der Waals surface area (Å²) in [4.78, 5) is 37.7. The molecule has 0 fully saturated rings. The number of ether oxygens (including phenoxy) is 3. The molecular formula is C47H90O6. The molecule has 0 amide bonds. The van der Waals surface area contributed by atoms with Crippen molar-refractivity contribution in [2.75, 3.05) is 13.2 Å². The van der Waals surface area contributed by atoms with Crippen molar-refractivity contribution in [2.45, 2.75) is 265 Å². The molecule has 1 atom stereocenters. The van der Waals surface area contributed by atoms with Crippen LogP contribution < -0.4 is 0 Å². The third-order valence-corrected chi connectivity index (χ3v) is 10.5. The molecule has 6 heteroatoms. The fourth-order valence-corrected chi connectivity index (χ4v) is 6.98. The minimum atomic E-state index is -0.759. The summed E-state index contributed by atoms with van der Waals surface area (Å²) in [5, 5.41) is 0. The highest BCUT2D eigenvalue weighted by Crippen LogP contribution is 2.16. The van der Waals surface area contributed by atoms with Crippen LogP contribution in [0.25, 0.3) is 0 Å². The average Bonchev–Trinajstić information content (AvgIpc) is 3.14. The Morgan fingerprint density at radius 1 is 0.358 bits per heavy atom. The monoisotopic (exact) mass is 751 g/mol. The number of carbonyl (C=O) groups excluding carboxylic acids is 3. The minimum absolute atomic E-state index is 0.0645. The molecule has 0 aromatic carbocycles. The quantitative estimate of drug-likeness (QED) is 0.0351. The van der Waals surface area contributed by atoms with Gasteiger partial charge in [-0.15, -0.1) is 0 Å². The van der Waals surface area contributed by atoms with Gasteiger partial charge >= 0.3 is 17.9 Å². The Balaban J connectivity index is 4.28. The van der Waals surface area contributed by atoms with E-state index in [2.05, 4.69) is 27.7 Å². The second-order valence-corrected chi connectivity index (χ2v) is 16.5. The van der Waals surface area contributed by atoms with E-state index >= 15 is 0 Å². The maximum absolute atomic E-state index is 12.7. The van der Waals surface area contributed by atoms with Gasteiger partial charge < -0.3 is 14.2 Å². The van der Waals surface area contributed by atoms with Crippen molar-refractivity contribution in [1.29, 1.82) is 0 Å². The van der Waals surface area contributed by atoms with Crippen molar-refractivity contribution in [3.8, 4) is 0 Å². The summed E-state index contributed by atoms with van der Waals surface area (Å²) >= 11 is 0. The number of rotatable bonds is 42. The van der Waals surface area contributed by atoms with Gasteiger partial charge in [0.25, 0.3) is 0 Å². The van der Waals surface area contributed by atoms with E-state index in [9.17, 15) is 14.4 Å². The van der Waals surface area contributed by atoms with Gasteiger partial charge in [0.05, 0.1) is 0 Å².